The van der Waals surface area contributed by atoms with Crippen LogP contribution < -0.4 is 10.2 Å². The summed E-state index contributed by atoms with van der Waals surface area (Å²) in [7, 11) is 0. The Morgan fingerprint density at radius 2 is 2.15 bits per heavy atom. The van der Waals surface area contributed by atoms with Gasteiger partial charge in [0.1, 0.15) is 18.4 Å². The molecule has 1 N–H and O–H groups in total. The van der Waals surface area contributed by atoms with E-state index in [0.29, 0.717) is 17.7 Å². The summed E-state index contributed by atoms with van der Waals surface area (Å²) in [6.45, 7) is 3.65. The molecule has 1 fully saturated rings. The fraction of sp³-hybridized carbons (Fsp3) is 0.429. The smallest absolute Gasteiger partial charge is 0.250 e. The Kier molecular flexibility index (Phi) is 4.42. The molecular weight excluding hydrogens is 327 g/mol. The Labute approximate surface area is 125 Å². The molecule has 2 rings (SSSR count). The Morgan fingerprint density at radius 3 is 2.80 bits per heavy atom. The van der Waals surface area contributed by atoms with E-state index in [9.17, 15) is 14.0 Å². The molecule has 1 heterocycles. The third-order valence-corrected chi connectivity index (χ3v) is 3.92. The van der Waals surface area contributed by atoms with E-state index in [2.05, 4.69) is 21.2 Å². The van der Waals surface area contributed by atoms with Crippen LogP contribution in [0.15, 0.2) is 16.6 Å². The van der Waals surface area contributed by atoms with Crippen molar-refractivity contribution in [3.8, 4) is 0 Å². The average molecular weight is 343 g/mol. The van der Waals surface area contributed by atoms with Crippen molar-refractivity contribution in [3.63, 3.8) is 0 Å². The molecule has 1 aromatic rings. The van der Waals surface area contributed by atoms with Gasteiger partial charge in [-0.3, -0.25) is 9.59 Å². The molecular formula is C14H16BrFN2O2. The summed E-state index contributed by atoms with van der Waals surface area (Å²) >= 11 is 3.11. The number of nitrogens with one attached hydrogen (secondary N) is 1. The van der Waals surface area contributed by atoms with Crippen molar-refractivity contribution in [2.24, 2.45) is 0 Å². The van der Waals surface area contributed by atoms with Gasteiger partial charge in [-0.1, -0.05) is 13.3 Å². The first-order valence-corrected chi connectivity index (χ1v) is 7.29. The second kappa shape index (κ2) is 5.91. The summed E-state index contributed by atoms with van der Waals surface area (Å²) in [6, 6.07) is 2.41. The molecule has 0 aliphatic carbocycles. The summed E-state index contributed by atoms with van der Waals surface area (Å²) in [4.78, 5) is 25.6. The number of hydrogen-bond donors (Lipinski definition) is 1. The van der Waals surface area contributed by atoms with E-state index < -0.39 is 6.04 Å². The minimum absolute atomic E-state index is 0.0298. The molecule has 2 amide bonds. The lowest BCUT2D eigenvalue weighted by Gasteiger charge is -2.33. The summed E-state index contributed by atoms with van der Waals surface area (Å²) in [5.41, 5.74) is 1.20. The Morgan fingerprint density at radius 1 is 1.45 bits per heavy atom. The molecule has 1 aliphatic rings. The van der Waals surface area contributed by atoms with Crippen LogP contribution in [-0.4, -0.2) is 24.4 Å². The van der Waals surface area contributed by atoms with Crippen LogP contribution in [0.4, 0.5) is 10.1 Å². The minimum atomic E-state index is -0.496. The molecule has 0 spiro atoms. The molecule has 0 saturated carbocycles. The first-order chi connectivity index (χ1) is 9.43. The average Bonchev–Trinajstić information content (AvgIpc) is 2.38. The summed E-state index contributed by atoms with van der Waals surface area (Å²) in [5.74, 6) is -0.721. The van der Waals surface area contributed by atoms with E-state index in [1.54, 1.807) is 13.0 Å². The van der Waals surface area contributed by atoms with Gasteiger partial charge >= 0.3 is 0 Å². The van der Waals surface area contributed by atoms with Crippen molar-refractivity contribution in [3.05, 3.63) is 28.0 Å². The molecule has 20 heavy (non-hydrogen) atoms. The van der Waals surface area contributed by atoms with E-state index >= 15 is 0 Å². The van der Waals surface area contributed by atoms with Crippen LogP contribution in [-0.2, 0) is 9.59 Å². The van der Waals surface area contributed by atoms with E-state index in [1.807, 2.05) is 6.92 Å². The number of carbonyl (C=O) groups is 2. The molecule has 1 unspecified atom stereocenters. The van der Waals surface area contributed by atoms with Crippen molar-refractivity contribution in [1.82, 2.24) is 5.32 Å². The molecule has 4 nitrogen and oxygen atoms in total. The first-order valence-electron chi connectivity index (χ1n) is 6.50. The number of hydrogen-bond acceptors (Lipinski definition) is 2. The number of carbonyl (C=O) groups excluding carboxylic acids is 2. The summed E-state index contributed by atoms with van der Waals surface area (Å²) in [6.07, 6.45) is 1.40. The van der Waals surface area contributed by atoms with Gasteiger partial charge in [0.25, 0.3) is 0 Å². The molecule has 1 aliphatic heterocycles. The van der Waals surface area contributed by atoms with Crippen molar-refractivity contribution in [2.45, 2.75) is 32.7 Å². The van der Waals surface area contributed by atoms with Gasteiger partial charge in [0, 0.05) is 5.69 Å². The second-order valence-electron chi connectivity index (χ2n) is 4.89. The number of anilines is 1. The molecule has 1 saturated heterocycles. The third-order valence-electron chi connectivity index (χ3n) is 3.31. The summed E-state index contributed by atoms with van der Waals surface area (Å²) in [5, 5.41) is 2.70. The number of amides is 2. The predicted octanol–water partition coefficient (Wildman–Crippen LogP) is 2.53. The van der Waals surface area contributed by atoms with Gasteiger partial charge in [0.2, 0.25) is 11.8 Å². The van der Waals surface area contributed by atoms with E-state index in [-0.39, 0.29) is 28.6 Å². The van der Waals surface area contributed by atoms with E-state index in [0.717, 1.165) is 6.42 Å². The highest BCUT2D eigenvalue weighted by Crippen LogP contribution is 2.28. The largest absolute Gasteiger partial charge is 0.343 e. The number of aryl methyl sites for hydroxylation is 1. The maximum absolute atomic E-state index is 13.5. The van der Waals surface area contributed by atoms with Gasteiger partial charge in [0.15, 0.2) is 0 Å². The Balaban J connectivity index is 2.37. The highest BCUT2D eigenvalue weighted by molar-refractivity contribution is 9.10. The van der Waals surface area contributed by atoms with Crippen LogP contribution in [0, 0.1) is 12.7 Å². The lowest BCUT2D eigenvalue weighted by Crippen LogP contribution is -2.58. The van der Waals surface area contributed by atoms with Crippen molar-refractivity contribution >= 4 is 33.4 Å². The minimum Gasteiger partial charge on any atom is -0.343 e. The van der Waals surface area contributed by atoms with Gasteiger partial charge in [-0.15, -0.1) is 0 Å². The second-order valence-corrected chi connectivity index (χ2v) is 5.74. The molecule has 1 aromatic carbocycles. The molecule has 1 atom stereocenters. The molecule has 0 bridgehead atoms. The third kappa shape index (κ3) is 2.85. The van der Waals surface area contributed by atoms with Crippen LogP contribution in [0.25, 0.3) is 0 Å². The number of rotatable bonds is 3. The lowest BCUT2D eigenvalue weighted by atomic mass is 10.1. The van der Waals surface area contributed by atoms with Crippen LogP contribution >= 0.6 is 15.9 Å². The number of halogens is 2. The van der Waals surface area contributed by atoms with Crippen molar-refractivity contribution in [2.75, 3.05) is 11.4 Å². The zero-order valence-corrected chi connectivity index (χ0v) is 13.0. The van der Waals surface area contributed by atoms with E-state index in [4.69, 9.17) is 0 Å². The topological polar surface area (TPSA) is 49.4 Å². The Hall–Kier alpha value is -1.43. The van der Waals surface area contributed by atoms with Crippen LogP contribution in [0.3, 0.4) is 0 Å². The fourth-order valence-corrected chi connectivity index (χ4v) is 2.66. The van der Waals surface area contributed by atoms with Crippen LogP contribution in [0.2, 0.25) is 0 Å². The quantitative estimate of drug-likeness (QED) is 0.917. The van der Waals surface area contributed by atoms with Crippen molar-refractivity contribution in [1.29, 1.82) is 0 Å². The monoisotopic (exact) mass is 342 g/mol. The van der Waals surface area contributed by atoms with Gasteiger partial charge in [-0.2, -0.15) is 0 Å². The Bertz CT molecular complexity index is 562. The summed E-state index contributed by atoms with van der Waals surface area (Å²) < 4.78 is 13.7. The van der Waals surface area contributed by atoms with Gasteiger partial charge < -0.3 is 10.2 Å². The maximum atomic E-state index is 13.5. The predicted molar refractivity (Wildman–Crippen MR) is 78.0 cm³/mol. The first kappa shape index (κ1) is 15.0. The number of piperazine rings is 1. The van der Waals surface area contributed by atoms with Crippen LogP contribution in [0.1, 0.15) is 25.3 Å². The fourth-order valence-electron chi connectivity index (χ4n) is 2.33. The maximum Gasteiger partial charge on any atom is 0.250 e. The van der Waals surface area contributed by atoms with Crippen LogP contribution in [0.5, 0.6) is 0 Å². The normalized spacial score (nSPS) is 19.2. The van der Waals surface area contributed by atoms with E-state index in [1.165, 1.54) is 11.0 Å². The molecule has 0 aromatic heterocycles. The molecule has 6 heteroatoms. The molecule has 108 valence electrons. The molecule has 0 radical (unpaired) electrons. The highest BCUT2D eigenvalue weighted by Gasteiger charge is 2.33. The zero-order chi connectivity index (χ0) is 14.9. The van der Waals surface area contributed by atoms with Crippen molar-refractivity contribution < 1.29 is 14.0 Å². The number of nitrogens with zero attached hydrogens (tertiary/aromatic N) is 1. The SMILES string of the molecule is CCCC1NC(=O)CN(c2cc(Br)c(F)cc2C)C1=O. The zero-order valence-electron chi connectivity index (χ0n) is 11.4. The van der Waals surface area contributed by atoms with Gasteiger partial charge in [0.05, 0.1) is 4.47 Å². The lowest BCUT2D eigenvalue weighted by molar-refractivity contribution is -0.131. The highest BCUT2D eigenvalue weighted by atomic mass is 79.9. The van der Waals surface area contributed by atoms with Gasteiger partial charge in [-0.25, -0.2) is 4.39 Å². The van der Waals surface area contributed by atoms with Gasteiger partial charge in [-0.05, 0) is 47.0 Å². The standard InChI is InChI=1S/C14H16BrFN2O2/c1-3-4-11-14(20)18(7-13(19)17-11)12-6-9(15)10(16)5-8(12)2/h5-6,11H,3-4,7H2,1-2H3,(H,17,19). The number of benzene rings is 1.